The summed E-state index contributed by atoms with van der Waals surface area (Å²) in [5, 5.41) is 4.62. The topological polar surface area (TPSA) is 54.9 Å². The van der Waals surface area contributed by atoms with Crippen molar-refractivity contribution in [2.24, 2.45) is 0 Å². The molecule has 0 saturated carbocycles. The maximum Gasteiger partial charge on any atom is 0.259 e. The average Bonchev–Trinajstić information content (AvgIpc) is 2.48. The molecule has 3 aromatic rings. The molecule has 2 aromatic heterocycles. The molecule has 1 N–H and O–H groups in total. The number of hydrogen-bond acceptors (Lipinski definition) is 3. The number of amides is 1. The molecular weight excluding hydrogens is 354 g/mol. The Balaban J connectivity index is 2.01. The SMILES string of the molecule is O=C(Nc1cc(Br)ccn1)c1cnc(Cl)c2ccccc12. The normalized spacial score (nSPS) is 10.6. The molecule has 0 bridgehead atoms. The van der Waals surface area contributed by atoms with Crippen LogP contribution in [0.5, 0.6) is 0 Å². The average molecular weight is 363 g/mol. The van der Waals surface area contributed by atoms with Crippen molar-refractivity contribution in [2.45, 2.75) is 0 Å². The first kappa shape index (κ1) is 14.0. The molecule has 0 atom stereocenters. The number of fused-ring (bicyclic) bond motifs is 1. The van der Waals surface area contributed by atoms with Crippen LogP contribution in [0.25, 0.3) is 10.8 Å². The molecule has 1 amide bonds. The van der Waals surface area contributed by atoms with Gasteiger partial charge in [-0.3, -0.25) is 4.79 Å². The Labute approximate surface area is 134 Å². The van der Waals surface area contributed by atoms with Crippen molar-refractivity contribution >= 4 is 50.0 Å². The monoisotopic (exact) mass is 361 g/mol. The zero-order chi connectivity index (χ0) is 14.8. The molecule has 0 aliphatic carbocycles. The number of benzene rings is 1. The summed E-state index contributed by atoms with van der Waals surface area (Å²) in [6, 6.07) is 10.9. The molecule has 2 heterocycles. The fourth-order valence-electron chi connectivity index (χ4n) is 2.00. The zero-order valence-corrected chi connectivity index (χ0v) is 13.0. The van der Waals surface area contributed by atoms with Gasteiger partial charge >= 0.3 is 0 Å². The van der Waals surface area contributed by atoms with Crippen LogP contribution in [0.2, 0.25) is 5.15 Å². The minimum absolute atomic E-state index is 0.277. The van der Waals surface area contributed by atoms with Crippen molar-refractivity contribution < 1.29 is 4.79 Å². The number of hydrogen-bond donors (Lipinski definition) is 1. The number of aromatic nitrogens is 2. The van der Waals surface area contributed by atoms with E-state index >= 15 is 0 Å². The summed E-state index contributed by atoms with van der Waals surface area (Å²) in [6.45, 7) is 0. The van der Waals surface area contributed by atoms with E-state index in [9.17, 15) is 4.79 Å². The number of halogens is 2. The van der Waals surface area contributed by atoms with Crippen LogP contribution < -0.4 is 5.32 Å². The highest BCUT2D eigenvalue weighted by Gasteiger charge is 2.13. The lowest BCUT2D eigenvalue weighted by molar-refractivity contribution is 0.102. The molecule has 0 unspecified atom stereocenters. The van der Waals surface area contributed by atoms with E-state index in [0.717, 1.165) is 15.2 Å². The molecule has 0 aliphatic rings. The minimum atomic E-state index is -0.277. The van der Waals surface area contributed by atoms with Crippen molar-refractivity contribution in [3.05, 3.63) is 64.0 Å². The van der Waals surface area contributed by atoms with Crippen molar-refractivity contribution in [2.75, 3.05) is 5.32 Å². The van der Waals surface area contributed by atoms with E-state index in [-0.39, 0.29) is 5.91 Å². The van der Waals surface area contributed by atoms with Crippen molar-refractivity contribution in [3.63, 3.8) is 0 Å². The first-order valence-corrected chi connectivity index (χ1v) is 7.28. The standard InChI is InChI=1S/C15H9BrClN3O/c16-9-5-6-18-13(7-9)20-15(21)12-8-19-14(17)11-4-2-1-3-10(11)12/h1-8H,(H,18,20,21). The lowest BCUT2D eigenvalue weighted by atomic mass is 10.1. The van der Waals surface area contributed by atoms with Gasteiger partial charge in [-0.25, -0.2) is 9.97 Å². The van der Waals surface area contributed by atoms with E-state index in [0.29, 0.717) is 16.5 Å². The van der Waals surface area contributed by atoms with Gasteiger partial charge in [-0.05, 0) is 17.5 Å². The molecule has 0 fully saturated rings. The summed E-state index contributed by atoms with van der Waals surface area (Å²) in [5.74, 6) is 0.189. The van der Waals surface area contributed by atoms with Gasteiger partial charge in [0, 0.05) is 22.3 Å². The number of nitrogens with zero attached hydrogens (tertiary/aromatic N) is 2. The highest BCUT2D eigenvalue weighted by atomic mass is 79.9. The summed E-state index contributed by atoms with van der Waals surface area (Å²) in [5.41, 5.74) is 0.455. The van der Waals surface area contributed by atoms with Crippen molar-refractivity contribution in [1.82, 2.24) is 9.97 Å². The van der Waals surface area contributed by atoms with Crippen LogP contribution in [-0.4, -0.2) is 15.9 Å². The van der Waals surface area contributed by atoms with Crippen molar-refractivity contribution in [3.8, 4) is 0 Å². The van der Waals surface area contributed by atoms with Gasteiger partial charge in [0.15, 0.2) is 0 Å². The molecule has 0 spiro atoms. The highest BCUT2D eigenvalue weighted by molar-refractivity contribution is 9.10. The van der Waals surface area contributed by atoms with Gasteiger partial charge in [-0.15, -0.1) is 0 Å². The number of rotatable bonds is 2. The van der Waals surface area contributed by atoms with Crippen LogP contribution in [0.3, 0.4) is 0 Å². The van der Waals surface area contributed by atoms with E-state index in [2.05, 4.69) is 31.2 Å². The summed E-state index contributed by atoms with van der Waals surface area (Å²) in [7, 11) is 0. The zero-order valence-electron chi connectivity index (χ0n) is 10.7. The number of carbonyl (C=O) groups is 1. The fraction of sp³-hybridized carbons (Fsp3) is 0. The molecule has 1 aromatic carbocycles. The lowest BCUT2D eigenvalue weighted by Gasteiger charge is -2.08. The second kappa shape index (κ2) is 5.79. The first-order valence-electron chi connectivity index (χ1n) is 6.11. The predicted molar refractivity (Wildman–Crippen MR) is 86.6 cm³/mol. The van der Waals surface area contributed by atoms with Gasteiger partial charge in [0.05, 0.1) is 5.56 Å². The smallest absolute Gasteiger partial charge is 0.259 e. The molecule has 4 nitrogen and oxygen atoms in total. The second-order valence-corrected chi connectivity index (χ2v) is 5.60. The Morgan fingerprint density at radius 3 is 2.67 bits per heavy atom. The third-order valence-corrected chi connectivity index (χ3v) is 3.75. The highest BCUT2D eigenvalue weighted by Crippen LogP contribution is 2.24. The number of pyridine rings is 2. The maximum absolute atomic E-state index is 12.4. The van der Waals surface area contributed by atoms with Crippen LogP contribution in [-0.2, 0) is 0 Å². The van der Waals surface area contributed by atoms with Crippen LogP contribution in [0.15, 0.2) is 53.3 Å². The fourth-order valence-corrected chi connectivity index (χ4v) is 2.54. The number of carbonyl (C=O) groups excluding carboxylic acids is 1. The quantitative estimate of drug-likeness (QED) is 0.692. The Hall–Kier alpha value is -1.98. The first-order chi connectivity index (χ1) is 10.1. The number of anilines is 1. The van der Waals surface area contributed by atoms with Gasteiger partial charge in [0.1, 0.15) is 11.0 Å². The van der Waals surface area contributed by atoms with Gasteiger partial charge in [0.2, 0.25) is 0 Å². The summed E-state index contributed by atoms with van der Waals surface area (Å²) in [6.07, 6.45) is 3.08. The Bertz CT molecular complexity index is 838. The van der Waals surface area contributed by atoms with Crippen LogP contribution in [0, 0.1) is 0 Å². The maximum atomic E-state index is 12.4. The van der Waals surface area contributed by atoms with E-state index in [1.54, 1.807) is 18.3 Å². The summed E-state index contributed by atoms with van der Waals surface area (Å²) >= 11 is 9.39. The van der Waals surface area contributed by atoms with Crippen LogP contribution in [0.4, 0.5) is 5.82 Å². The Morgan fingerprint density at radius 2 is 1.90 bits per heavy atom. The number of nitrogens with one attached hydrogen (secondary N) is 1. The molecule has 104 valence electrons. The molecule has 0 radical (unpaired) electrons. The van der Waals surface area contributed by atoms with Crippen molar-refractivity contribution in [1.29, 1.82) is 0 Å². The van der Waals surface area contributed by atoms with Gasteiger partial charge < -0.3 is 5.32 Å². The van der Waals surface area contributed by atoms with Gasteiger partial charge in [-0.1, -0.05) is 51.8 Å². The lowest BCUT2D eigenvalue weighted by Crippen LogP contribution is -2.13. The summed E-state index contributed by atoms with van der Waals surface area (Å²) in [4.78, 5) is 20.6. The third kappa shape index (κ3) is 2.89. The summed E-state index contributed by atoms with van der Waals surface area (Å²) < 4.78 is 0.840. The molecule has 3 rings (SSSR count). The van der Waals surface area contributed by atoms with Gasteiger partial charge in [0.25, 0.3) is 5.91 Å². The molecular formula is C15H9BrClN3O. The van der Waals surface area contributed by atoms with E-state index < -0.39 is 0 Å². The van der Waals surface area contributed by atoms with Crippen LogP contribution >= 0.6 is 27.5 Å². The van der Waals surface area contributed by atoms with E-state index in [1.165, 1.54) is 6.20 Å². The van der Waals surface area contributed by atoms with E-state index in [1.807, 2.05) is 24.3 Å². The predicted octanol–water partition coefficient (Wildman–Crippen LogP) is 4.30. The minimum Gasteiger partial charge on any atom is -0.306 e. The van der Waals surface area contributed by atoms with Gasteiger partial charge in [-0.2, -0.15) is 0 Å². The Morgan fingerprint density at radius 1 is 1.14 bits per heavy atom. The largest absolute Gasteiger partial charge is 0.306 e. The Kier molecular flexibility index (Phi) is 3.86. The molecule has 21 heavy (non-hydrogen) atoms. The van der Waals surface area contributed by atoms with Crippen LogP contribution in [0.1, 0.15) is 10.4 Å². The second-order valence-electron chi connectivity index (χ2n) is 4.32. The van der Waals surface area contributed by atoms with E-state index in [4.69, 9.17) is 11.6 Å². The molecule has 6 heteroatoms. The molecule has 0 aliphatic heterocycles. The molecule has 0 saturated heterocycles. The third-order valence-electron chi connectivity index (χ3n) is 2.95.